The van der Waals surface area contributed by atoms with Crippen molar-refractivity contribution in [3.05, 3.63) is 31.9 Å². The van der Waals surface area contributed by atoms with Crippen LogP contribution in [0.5, 0.6) is 0 Å². The third-order valence-electron chi connectivity index (χ3n) is 6.53. The largest absolute Gasteiger partial charge is 0.292 e. The fraction of sp³-hybridized carbons (Fsp3) is 0.714. The summed E-state index contributed by atoms with van der Waals surface area (Å²) in [6.07, 6.45) is 19.7. The van der Waals surface area contributed by atoms with Gasteiger partial charge < -0.3 is 0 Å². The minimum atomic E-state index is -1.48. The van der Waals surface area contributed by atoms with Gasteiger partial charge in [-0.15, -0.1) is 0 Å². The molecule has 1 aromatic carbocycles. The lowest BCUT2D eigenvalue weighted by atomic mass is 9.99. The zero-order valence-electron chi connectivity index (χ0n) is 21.5. The molecule has 2 amide bonds. The average Bonchev–Trinajstić information content (AvgIpc) is 2.78. The molecule has 5 heteroatoms. The molecule has 0 aliphatic heterocycles. The van der Waals surface area contributed by atoms with Gasteiger partial charge in [0, 0.05) is 6.42 Å². The molecule has 0 unspecified atom stereocenters. The summed E-state index contributed by atoms with van der Waals surface area (Å²) < 4.78 is 12.3. The first-order valence-corrected chi connectivity index (χ1v) is 15.1. The van der Waals surface area contributed by atoms with E-state index in [2.05, 4.69) is 12.2 Å². The highest BCUT2D eigenvalue weighted by molar-refractivity contribution is 14.1. The number of amides is 2. The number of aryl methyl sites for hydroxylation is 2. The number of rotatable bonds is 18. The van der Waals surface area contributed by atoms with Gasteiger partial charge in [-0.1, -0.05) is 103 Å². The third-order valence-corrected chi connectivity index (χ3v) is 8.36. The molecule has 0 aromatic heterocycles. The fourth-order valence-corrected chi connectivity index (χ4v) is 5.71. The molecule has 0 atom stereocenters. The molecule has 1 rings (SSSR count). The van der Waals surface area contributed by atoms with Crippen molar-refractivity contribution in [3.63, 3.8) is 0 Å². The van der Waals surface area contributed by atoms with Crippen LogP contribution in [0.2, 0.25) is 0 Å². The van der Waals surface area contributed by atoms with E-state index in [1.807, 2.05) is 26.8 Å². The fourth-order valence-electron chi connectivity index (χ4n) is 4.33. The number of halogens is 1. The van der Waals surface area contributed by atoms with Gasteiger partial charge in [-0.25, -0.2) is 0 Å². The second-order valence-electron chi connectivity index (χ2n) is 9.48. The lowest BCUT2D eigenvalue weighted by molar-refractivity contribution is -0.120. The van der Waals surface area contributed by atoms with Crippen molar-refractivity contribution < 1.29 is 12.7 Å². The highest BCUT2D eigenvalue weighted by Crippen LogP contribution is 2.26. The predicted molar refractivity (Wildman–Crippen MR) is 146 cm³/mol. The van der Waals surface area contributed by atoms with Crippen LogP contribution < -0.4 is 5.32 Å². The standard InChI is InChI=1S/C28H46INO3/c1-5-6-7-8-9-10-11-12-13-14-15-16-17-18-19-20-25(31)30-28(32)26-24(4)22(2)21-23(3)27(26)29-33/h21H,5-20H2,1-4H3,(H,30,31,32). The van der Waals surface area contributed by atoms with E-state index in [9.17, 15) is 12.7 Å². The van der Waals surface area contributed by atoms with Crippen molar-refractivity contribution in [1.29, 1.82) is 0 Å². The monoisotopic (exact) mass is 571 g/mol. The SMILES string of the molecule is CCCCCCCCCCCCCCCCCC(=O)NC(=O)c1c(C)c(C)cc(C)c1I=O. The molecule has 188 valence electrons. The molecule has 1 aromatic rings. The molecule has 33 heavy (non-hydrogen) atoms. The van der Waals surface area contributed by atoms with Gasteiger partial charge in [0.15, 0.2) is 21.2 Å². The zero-order valence-corrected chi connectivity index (χ0v) is 23.7. The van der Waals surface area contributed by atoms with Crippen LogP contribution in [0.25, 0.3) is 0 Å². The molecule has 0 heterocycles. The van der Waals surface area contributed by atoms with Crippen LogP contribution in [0.1, 0.15) is 137 Å². The Morgan fingerprint density at radius 1 is 0.727 bits per heavy atom. The summed E-state index contributed by atoms with van der Waals surface area (Å²) in [6.45, 7) is 7.92. The van der Waals surface area contributed by atoms with Gasteiger partial charge in [0.2, 0.25) is 5.91 Å². The molecule has 0 bridgehead atoms. The van der Waals surface area contributed by atoms with E-state index in [0.29, 0.717) is 15.6 Å². The molecule has 0 radical (unpaired) electrons. The summed E-state index contributed by atoms with van der Waals surface area (Å²) in [4.78, 5) is 24.9. The molecular weight excluding hydrogens is 525 g/mol. The molecule has 1 N–H and O–H groups in total. The Labute approximate surface area is 212 Å². The summed E-state index contributed by atoms with van der Waals surface area (Å²) in [5, 5.41) is 2.52. The van der Waals surface area contributed by atoms with Crippen molar-refractivity contribution in [2.45, 2.75) is 130 Å². The first-order valence-electron chi connectivity index (χ1n) is 13.1. The quantitative estimate of drug-likeness (QED) is 0.142. The van der Waals surface area contributed by atoms with E-state index in [1.54, 1.807) is 0 Å². The van der Waals surface area contributed by atoms with Gasteiger partial charge in [0.25, 0.3) is 5.91 Å². The van der Waals surface area contributed by atoms with Crippen molar-refractivity contribution in [2.24, 2.45) is 0 Å². The van der Waals surface area contributed by atoms with Crippen LogP contribution in [0.4, 0.5) is 0 Å². The Morgan fingerprint density at radius 2 is 1.18 bits per heavy atom. The maximum absolute atomic E-state index is 12.7. The molecule has 4 nitrogen and oxygen atoms in total. The van der Waals surface area contributed by atoms with Gasteiger partial charge >= 0.3 is 0 Å². The van der Waals surface area contributed by atoms with E-state index in [1.165, 1.54) is 77.0 Å². The smallest absolute Gasteiger partial charge is 0.259 e. The first-order chi connectivity index (χ1) is 15.9. The number of benzene rings is 1. The van der Waals surface area contributed by atoms with Crippen molar-refractivity contribution in [2.75, 3.05) is 0 Å². The van der Waals surface area contributed by atoms with Crippen LogP contribution in [0.3, 0.4) is 0 Å². The molecule has 0 aliphatic rings. The Balaban J connectivity index is 2.11. The minimum Gasteiger partial charge on any atom is -0.292 e. The number of hydrogen-bond donors (Lipinski definition) is 1. The zero-order chi connectivity index (χ0) is 24.5. The van der Waals surface area contributed by atoms with E-state index in [4.69, 9.17) is 0 Å². The lowest BCUT2D eigenvalue weighted by Gasteiger charge is -2.13. The van der Waals surface area contributed by atoms with Crippen molar-refractivity contribution in [1.82, 2.24) is 5.32 Å². The lowest BCUT2D eigenvalue weighted by Crippen LogP contribution is -2.31. The van der Waals surface area contributed by atoms with Crippen LogP contribution in [-0.4, -0.2) is 11.8 Å². The van der Waals surface area contributed by atoms with Gasteiger partial charge in [-0.05, 0) is 43.9 Å². The highest BCUT2D eigenvalue weighted by Gasteiger charge is 2.20. The predicted octanol–water partition coefficient (Wildman–Crippen LogP) is 8.62. The van der Waals surface area contributed by atoms with Crippen LogP contribution in [0.15, 0.2) is 6.07 Å². The highest BCUT2D eigenvalue weighted by atomic mass is 127. The number of unbranched alkanes of at least 4 members (excludes halogenated alkanes) is 14. The Hall–Kier alpha value is -1.11. The molecule has 0 spiro atoms. The van der Waals surface area contributed by atoms with E-state index < -0.39 is 27.1 Å². The van der Waals surface area contributed by atoms with Crippen molar-refractivity contribution in [3.8, 4) is 0 Å². The molecular formula is C28H46INO3. The van der Waals surface area contributed by atoms with Gasteiger partial charge in [-0.2, -0.15) is 0 Å². The summed E-state index contributed by atoms with van der Waals surface area (Å²) in [5.74, 6) is -0.640. The second kappa shape index (κ2) is 18.2. The summed E-state index contributed by atoms with van der Waals surface area (Å²) in [5.41, 5.74) is 3.08. The maximum Gasteiger partial charge on any atom is 0.259 e. The Bertz CT molecular complexity index is 745. The van der Waals surface area contributed by atoms with Crippen LogP contribution >= 0.6 is 21.2 Å². The van der Waals surface area contributed by atoms with Gasteiger partial charge in [0.05, 0.1) is 9.13 Å². The number of nitrogens with one attached hydrogen (secondary N) is 1. The van der Waals surface area contributed by atoms with Crippen LogP contribution in [-0.2, 0) is 7.86 Å². The molecule has 0 saturated carbocycles. The van der Waals surface area contributed by atoms with Crippen LogP contribution in [0, 0.1) is 24.3 Å². The summed E-state index contributed by atoms with van der Waals surface area (Å²) in [6, 6.07) is 1.95. The van der Waals surface area contributed by atoms with E-state index in [0.717, 1.165) is 36.0 Å². The van der Waals surface area contributed by atoms with E-state index >= 15 is 0 Å². The van der Waals surface area contributed by atoms with E-state index in [-0.39, 0.29) is 5.91 Å². The average molecular weight is 572 g/mol. The number of carbonyl (C=O) groups excluding carboxylic acids is 2. The number of carbonyl (C=O) groups is 2. The molecule has 0 aliphatic carbocycles. The maximum atomic E-state index is 12.7. The Kier molecular flexibility index (Phi) is 16.5. The van der Waals surface area contributed by atoms with Crippen molar-refractivity contribution >= 4 is 33.0 Å². The molecule has 0 saturated heterocycles. The molecule has 0 fully saturated rings. The Morgan fingerprint density at radius 3 is 1.64 bits per heavy atom. The summed E-state index contributed by atoms with van der Waals surface area (Å²) in [7, 11) is 0. The normalized spacial score (nSPS) is 11.0. The number of imide groups is 1. The topological polar surface area (TPSA) is 63.2 Å². The first kappa shape index (κ1) is 29.9. The van der Waals surface area contributed by atoms with Gasteiger partial charge in [0.1, 0.15) is 0 Å². The van der Waals surface area contributed by atoms with Gasteiger partial charge in [-0.3, -0.25) is 18.0 Å². The summed E-state index contributed by atoms with van der Waals surface area (Å²) >= 11 is -1.48. The second-order valence-corrected chi connectivity index (χ2v) is 11.0. The minimum absolute atomic E-state index is 0.233. The number of hydrogen-bond acceptors (Lipinski definition) is 3. The third kappa shape index (κ3) is 12.2.